The molecule has 0 unspecified atom stereocenters. The van der Waals surface area contributed by atoms with Crippen molar-refractivity contribution in [2.24, 2.45) is 0 Å². The molecule has 2 aromatic rings. The first kappa shape index (κ1) is 15.7. The molecule has 1 heterocycles. The van der Waals surface area contributed by atoms with Gasteiger partial charge in [-0.2, -0.15) is 5.10 Å². The second-order valence-corrected chi connectivity index (χ2v) is 5.64. The highest BCUT2D eigenvalue weighted by atomic mass is 79.9. The molecular formula is C15H18BrN3O2. The molecule has 5 nitrogen and oxygen atoms in total. The largest absolute Gasteiger partial charge is 0.385 e. The maximum absolute atomic E-state index is 12.2. The number of hydrogen-bond donors (Lipinski definition) is 0. The quantitative estimate of drug-likeness (QED) is 0.751. The highest BCUT2D eigenvalue weighted by Crippen LogP contribution is 2.14. The zero-order valence-corrected chi connectivity index (χ0v) is 13.7. The normalized spacial score (nSPS) is 10.6. The van der Waals surface area contributed by atoms with Crippen LogP contribution in [0.4, 0.5) is 0 Å². The molecule has 2 rings (SSSR count). The van der Waals surface area contributed by atoms with Crippen molar-refractivity contribution in [2.45, 2.75) is 6.42 Å². The average Bonchev–Trinajstić information content (AvgIpc) is 2.93. The number of methoxy groups -OCH3 is 1. The molecule has 112 valence electrons. The average molecular weight is 352 g/mol. The number of amides is 1. The molecule has 0 bridgehead atoms. The minimum absolute atomic E-state index is 0.0132. The van der Waals surface area contributed by atoms with E-state index < -0.39 is 0 Å². The van der Waals surface area contributed by atoms with Crippen molar-refractivity contribution in [3.8, 4) is 5.69 Å². The maximum Gasteiger partial charge on any atom is 0.253 e. The molecule has 6 heteroatoms. The Hall–Kier alpha value is -1.66. The van der Waals surface area contributed by atoms with E-state index in [-0.39, 0.29) is 5.91 Å². The van der Waals surface area contributed by atoms with Crippen LogP contribution in [0.2, 0.25) is 0 Å². The van der Waals surface area contributed by atoms with Gasteiger partial charge in [0.2, 0.25) is 0 Å². The number of benzene rings is 1. The highest BCUT2D eigenvalue weighted by molar-refractivity contribution is 9.10. The summed E-state index contributed by atoms with van der Waals surface area (Å²) in [6, 6.07) is 7.41. The summed E-state index contributed by atoms with van der Waals surface area (Å²) in [6.07, 6.45) is 4.43. The number of halogens is 1. The van der Waals surface area contributed by atoms with Crippen LogP contribution in [0.1, 0.15) is 16.8 Å². The molecule has 0 fully saturated rings. The molecule has 0 radical (unpaired) electrons. The Kier molecular flexibility index (Phi) is 5.52. The van der Waals surface area contributed by atoms with Crippen LogP contribution in [0.25, 0.3) is 5.69 Å². The van der Waals surface area contributed by atoms with Crippen molar-refractivity contribution in [3.05, 3.63) is 46.7 Å². The third-order valence-electron chi connectivity index (χ3n) is 3.12. The third-order valence-corrected chi connectivity index (χ3v) is 3.53. The van der Waals surface area contributed by atoms with Crippen molar-refractivity contribution >= 4 is 21.8 Å². The van der Waals surface area contributed by atoms with Gasteiger partial charge in [-0.3, -0.25) is 4.79 Å². The summed E-state index contributed by atoms with van der Waals surface area (Å²) >= 11 is 3.36. The predicted octanol–water partition coefficient (Wildman–Crippen LogP) is 2.74. The molecule has 0 saturated heterocycles. The maximum atomic E-state index is 12.2. The van der Waals surface area contributed by atoms with Gasteiger partial charge in [-0.05, 0) is 46.6 Å². The van der Waals surface area contributed by atoms with Gasteiger partial charge in [0.1, 0.15) is 0 Å². The molecule has 0 N–H and O–H groups in total. The van der Waals surface area contributed by atoms with E-state index in [0.717, 1.165) is 16.6 Å². The Morgan fingerprint density at radius 1 is 1.38 bits per heavy atom. The van der Waals surface area contributed by atoms with Gasteiger partial charge < -0.3 is 9.64 Å². The summed E-state index contributed by atoms with van der Waals surface area (Å²) in [5.41, 5.74) is 1.59. The van der Waals surface area contributed by atoms with E-state index in [9.17, 15) is 4.79 Å². The molecule has 1 aromatic heterocycles. The first-order chi connectivity index (χ1) is 10.1. The standard InChI is InChI=1S/C15H18BrN3O2/c1-18(8-3-9-21-2)15(20)12-4-6-14(7-5-12)19-11-13(16)10-17-19/h4-7,10-11H,3,8-9H2,1-2H3. The molecule has 1 amide bonds. The van der Waals surface area contributed by atoms with Crippen molar-refractivity contribution in [2.75, 3.05) is 27.3 Å². The molecule has 0 spiro atoms. The fourth-order valence-electron chi connectivity index (χ4n) is 1.97. The Morgan fingerprint density at radius 3 is 2.67 bits per heavy atom. The van der Waals surface area contributed by atoms with E-state index in [1.807, 2.05) is 30.5 Å². The van der Waals surface area contributed by atoms with Crippen LogP contribution in [-0.4, -0.2) is 47.9 Å². The smallest absolute Gasteiger partial charge is 0.253 e. The highest BCUT2D eigenvalue weighted by Gasteiger charge is 2.11. The van der Waals surface area contributed by atoms with Gasteiger partial charge in [-0.25, -0.2) is 4.68 Å². The third kappa shape index (κ3) is 4.15. The van der Waals surface area contributed by atoms with Crippen LogP contribution in [0.3, 0.4) is 0 Å². The lowest BCUT2D eigenvalue weighted by molar-refractivity contribution is 0.0779. The van der Waals surface area contributed by atoms with E-state index in [1.165, 1.54) is 0 Å². The van der Waals surface area contributed by atoms with Gasteiger partial charge >= 0.3 is 0 Å². The molecule has 0 aliphatic carbocycles. The Bertz CT molecular complexity index is 595. The van der Waals surface area contributed by atoms with E-state index in [2.05, 4.69) is 21.0 Å². The van der Waals surface area contributed by atoms with Crippen molar-refractivity contribution in [3.63, 3.8) is 0 Å². The molecule has 0 atom stereocenters. The number of carbonyl (C=O) groups is 1. The van der Waals surface area contributed by atoms with Crippen molar-refractivity contribution in [1.82, 2.24) is 14.7 Å². The first-order valence-electron chi connectivity index (χ1n) is 6.67. The fourth-order valence-corrected chi connectivity index (χ4v) is 2.25. The summed E-state index contributed by atoms with van der Waals surface area (Å²) in [7, 11) is 3.46. The lowest BCUT2D eigenvalue weighted by Crippen LogP contribution is -2.28. The Balaban J connectivity index is 2.02. The topological polar surface area (TPSA) is 47.4 Å². The number of nitrogens with zero attached hydrogens (tertiary/aromatic N) is 3. The number of rotatable bonds is 6. The summed E-state index contributed by atoms with van der Waals surface area (Å²) in [5, 5.41) is 4.21. The summed E-state index contributed by atoms with van der Waals surface area (Å²) < 4.78 is 7.66. The van der Waals surface area contributed by atoms with E-state index in [0.29, 0.717) is 18.7 Å². The first-order valence-corrected chi connectivity index (χ1v) is 7.46. The second kappa shape index (κ2) is 7.38. The summed E-state index contributed by atoms with van der Waals surface area (Å²) in [4.78, 5) is 14.0. The minimum atomic E-state index is 0.0132. The van der Waals surface area contributed by atoms with Crippen LogP contribution in [0.5, 0.6) is 0 Å². The number of hydrogen-bond acceptors (Lipinski definition) is 3. The number of carbonyl (C=O) groups excluding carboxylic acids is 1. The van der Waals surface area contributed by atoms with Gasteiger partial charge in [-0.15, -0.1) is 0 Å². The van der Waals surface area contributed by atoms with Gasteiger partial charge in [0.25, 0.3) is 5.91 Å². The predicted molar refractivity (Wildman–Crippen MR) is 84.7 cm³/mol. The van der Waals surface area contributed by atoms with Crippen LogP contribution >= 0.6 is 15.9 Å². The zero-order valence-electron chi connectivity index (χ0n) is 12.1. The van der Waals surface area contributed by atoms with E-state index in [4.69, 9.17) is 4.74 Å². The lowest BCUT2D eigenvalue weighted by atomic mass is 10.2. The number of ether oxygens (including phenoxy) is 1. The van der Waals surface area contributed by atoms with Crippen molar-refractivity contribution in [1.29, 1.82) is 0 Å². The Labute approximate surface area is 132 Å². The fraction of sp³-hybridized carbons (Fsp3) is 0.333. The summed E-state index contributed by atoms with van der Waals surface area (Å²) in [5.74, 6) is 0.0132. The second-order valence-electron chi connectivity index (χ2n) is 4.72. The van der Waals surface area contributed by atoms with Gasteiger partial charge in [0.05, 0.1) is 16.4 Å². The van der Waals surface area contributed by atoms with E-state index >= 15 is 0 Å². The zero-order chi connectivity index (χ0) is 15.2. The monoisotopic (exact) mass is 351 g/mol. The summed E-state index contributed by atoms with van der Waals surface area (Å²) in [6.45, 7) is 1.34. The van der Waals surface area contributed by atoms with E-state index in [1.54, 1.807) is 29.9 Å². The lowest BCUT2D eigenvalue weighted by Gasteiger charge is -2.17. The molecule has 0 aliphatic rings. The Morgan fingerprint density at radius 2 is 2.10 bits per heavy atom. The van der Waals surface area contributed by atoms with Gasteiger partial charge in [0.15, 0.2) is 0 Å². The van der Waals surface area contributed by atoms with Crippen LogP contribution in [0.15, 0.2) is 41.1 Å². The van der Waals surface area contributed by atoms with Gasteiger partial charge in [-0.1, -0.05) is 0 Å². The minimum Gasteiger partial charge on any atom is -0.385 e. The molecule has 21 heavy (non-hydrogen) atoms. The SMILES string of the molecule is COCCCN(C)C(=O)c1ccc(-n2cc(Br)cn2)cc1. The van der Waals surface area contributed by atoms with Crippen LogP contribution in [0, 0.1) is 0 Å². The number of aromatic nitrogens is 2. The molecule has 0 aliphatic heterocycles. The molecule has 1 aromatic carbocycles. The van der Waals surface area contributed by atoms with Crippen molar-refractivity contribution < 1.29 is 9.53 Å². The van der Waals surface area contributed by atoms with Gasteiger partial charge in [0, 0.05) is 39.1 Å². The van der Waals surface area contributed by atoms with Crippen LogP contribution in [-0.2, 0) is 4.74 Å². The molecular weight excluding hydrogens is 334 g/mol. The molecule has 0 saturated carbocycles. The van der Waals surface area contributed by atoms with Crippen LogP contribution < -0.4 is 0 Å².